The normalized spacial score (nSPS) is 16.8. The predicted molar refractivity (Wildman–Crippen MR) is 120 cm³/mol. The number of carbonyl (C=O) groups is 1. The molecular weight excluding hydrogens is 476 g/mol. The molecule has 33 heavy (non-hydrogen) atoms. The predicted octanol–water partition coefficient (Wildman–Crippen LogP) is 4.43. The van der Waals surface area contributed by atoms with E-state index in [-0.39, 0.29) is 29.9 Å². The van der Waals surface area contributed by atoms with Crippen LogP contribution in [0.1, 0.15) is 18.2 Å². The fourth-order valence-electron chi connectivity index (χ4n) is 4.10. The first kappa shape index (κ1) is 23.2. The summed E-state index contributed by atoms with van der Waals surface area (Å²) in [4.78, 5) is 16.0. The summed E-state index contributed by atoms with van der Waals surface area (Å²) in [6.45, 7) is 2.67. The quantitative estimate of drug-likeness (QED) is 0.578. The van der Waals surface area contributed by atoms with Gasteiger partial charge in [-0.25, -0.2) is 22.0 Å². The van der Waals surface area contributed by atoms with Crippen molar-refractivity contribution >= 4 is 44.0 Å². The Morgan fingerprint density at radius 3 is 2.67 bits per heavy atom. The molecule has 1 aliphatic heterocycles. The number of nitrogens with zero attached hydrogens (tertiary/aromatic N) is 3. The molecule has 1 atom stereocenters. The zero-order valence-corrected chi connectivity index (χ0v) is 19.3. The molecule has 0 spiro atoms. The Bertz CT molecular complexity index is 1420. The third-order valence-corrected chi connectivity index (χ3v) is 7.13. The average Bonchev–Trinajstić information content (AvgIpc) is 3.11. The van der Waals surface area contributed by atoms with Gasteiger partial charge >= 0.3 is 6.09 Å². The molecule has 4 rings (SSSR count). The first-order chi connectivity index (χ1) is 15.5. The second kappa shape index (κ2) is 8.42. The SMILES string of the molecule is CC1CN(C(=O)O)CC=C1c1cnc(Cn2ccc3c(F)c(S(C)(=O)=O)c(F)cc32)c(Cl)c1. The fraction of sp³-hybridized carbons (Fsp3) is 0.273. The molecule has 3 aromatic rings. The first-order valence-corrected chi connectivity index (χ1v) is 12.2. The summed E-state index contributed by atoms with van der Waals surface area (Å²) in [7, 11) is -4.07. The van der Waals surface area contributed by atoms with Gasteiger partial charge < -0.3 is 14.6 Å². The van der Waals surface area contributed by atoms with E-state index in [1.165, 1.54) is 21.7 Å². The standard InChI is InChI=1S/C22H20ClF2N3O4S/c1-12-10-28(22(29)30)6-3-14(12)13-7-16(23)18(26-9-13)11-27-5-4-15-19(27)8-17(24)21(20(15)25)33(2,31)32/h3-5,7-9,12H,6,10-11H2,1-2H3,(H,29,30). The van der Waals surface area contributed by atoms with Crippen molar-refractivity contribution < 1.29 is 27.1 Å². The number of aromatic nitrogens is 2. The molecule has 0 saturated heterocycles. The van der Waals surface area contributed by atoms with Crippen LogP contribution in [-0.4, -0.2) is 53.4 Å². The molecule has 1 unspecified atom stereocenters. The van der Waals surface area contributed by atoms with Crippen LogP contribution in [0.5, 0.6) is 0 Å². The summed E-state index contributed by atoms with van der Waals surface area (Å²) in [5.41, 5.74) is 2.35. The monoisotopic (exact) mass is 495 g/mol. The number of fused-ring (bicyclic) bond motifs is 1. The van der Waals surface area contributed by atoms with Crippen LogP contribution in [0.2, 0.25) is 5.02 Å². The molecule has 1 aliphatic rings. The maximum absolute atomic E-state index is 14.7. The van der Waals surface area contributed by atoms with E-state index in [1.54, 1.807) is 12.3 Å². The summed E-state index contributed by atoms with van der Waals surface area (Å²) in [5.74, 6) is -2.33. The average molecular weight is 496 g/mol. The highest BCUT2D eigenvalue weighted by molar-refractivity contribution is 7.90. The molecule has 0 radical (unpaired) electrons. The second-order valence-corrected chi connectivity index (χ2v) is 10.4. The Morgan fingerprint density at radius 2 is 2.06 bits per heavy atom. The van der Waals surface area contributed by atoms with Crippen molar-refractivity contribution in [1.29, 1.82) is 0 Å². The number of halogens is 3. The number of sulfone groups is 1. The van der Waals surface area contributed by atoms with Crippen LogP contribution in [0.25, 0.3) is 16.5 Å². The van der Waals surface area contributed by atoms with Gasteiger partial charge in [-0.2, -0.15) is 0 Å². The third-order valence-electron chi connectivity index (χ3n) is 5.69. The molecule has 0 aliphatic carbocycles. The smallest absolute Gasteiger partial charge is 0.407 e. The van der Waals surface area contributed by atoms with Gasteiger partial charge in [0.25, 0.3) is 0 Å². The lowest BCUT2D eigenvalue weighted by atomic mass is 9.91. The molecule has 0 fully saturated rings. The van der Waals surface area contributed by atoms with Crippen LogP contribution >= 0.6 is 11.6 Å². The van der Waals surface area contributed by atoms with Crippen LogP contribution in [0.4, 0.5) is 13.6 Å². The van der Waals surface area contributed by atoms with Crippen molar-refractivity contribution in [2.24, 2.45) is 5.92 Å². The summed E-state index contributed by atoms with van der Waals surface area (Å²) in [6, 6.07) is 4.10. The van der Waals surface area contributed by atoms with E-state index in [4.69, 9.17) is 16.7 Å². The number of benzene rings is 1. The zero-order valence-electron chi connectivity index (χ0n) is 17.7. The molecule has 3 heterocycles. The minimum absolute atomic E-state index is 0.0197. The summed E-state index contributed by atoms with van der Waals surface area (Å²) >= 11 is 6.46. The molecule has 0 bridgehead atoms. The van der Waals surface area contributed by atoms with E-state index in [0.717, 1.165) is 23.5 Å². The lowest BCUT2D eigenvalue weighted by Gasteiger charge is -2.29. The van der Waals surface area contributed by atoms with Gasteiger partial charge in [0.1, 0.15) is 10.7 Å². The lowest BCUT2D eigenvalue weighted by molar-refractivity contribution is 0.145. The van der Waals surface area contributed by atoms with E-state index < -0.39 is 32.5 Å². The Balaban J connectivity index is 1.65. The molecule has 0 saturated carbocycles. The van der Waals surface area contributed by atoms with Gasteiger partial charge in [0, 0.05) is 37.1 Å². The van der Waals surface area contributed by atoms with Crippen molar-refractivity contribution in [3.05, 3.63) is 64.6 Å². The Kier molecular flexibility index (Phi) is 5.92. The topological polar surface area (TPSA) is 92.5 Å². The number of carboxylic acid groups (broad SMARTS) is 1. The molecular formula is C22H20ClF2N3O4S. The largest absolute Gasteiger partial charge is 0.465 e. The lowest BCUT2D eigenvalue weighted by Crippen LogP contribution is -2.37. The third kappa shape index (κ3) is 4.32. The van der Waals surface area contributed by atoms with Gasteiger partial charge in [-0.15, -0.1) is 0 Å². The van der Waals surface area contributed by atoms with E-state index >= 15 is 0 Å². The van der Waals surface area contributed by atoms with Gasteiger partial charge in [0.15, 0.2) is 15.7 Å². The number of hydrogen-bond donors (Lipinski definition) is 1. The second-order valence-electron chi connectivity index (χ2n) is 8.05. The van der Waals surface area contributed by atoms with Gasteiger partial charge in [-0.05, 0) is 35.3 Å². The van der Waals surface area contributed by atoms with Gasteiger partial charge in [0.2, 0.25) is 0 Å². The van der Waals surface area contributed by atoms with Crippen LogP contribution in [0, 0.1) is 17.6 Å². The minimum atomic E-state index is -4.07. The Hall–Kier alpha value is -2.98. The summed E-state index contributed by atoms with van der Waals surface area (Å²) in [5, 5.41) is 9.49. The van der Waals surface area contributed by atoms with Crippen LogP contribution in [0.3, 0.4) is 0 Å². The van der Waals surface area contributed by atoms with Gasteiger partial charge in [-0.3, -0.25) is 4.98 Å². The van der Waals surface area contributed by atoms with E-state index in [9.17, 15) is 22.0 Å². The van der Waals surface area contributed by atoms with Crippen molar-refractivity contribution in [1.82, 2.24) is 14.5 Å². The number of hydrogen-bond acceptors (Lipinski definition) is 4. The van der Waals surface area contributed by atoms with Gasteiger partial charge in [0.05, 0.1) is 22.8 Å². The van der Waals surface area contributed by atoms with E-state index in [1.807, 2.05) is 13.0 Å². The number of amides is 1. The summed E-state index contributed by atoms with van der Waals surface area (Å²) < 4.78 is 54.1. The molecule has 11 heteroatoms. The minimum Gasteiger partial charge on any atom is -0.465 e. The van der Waals surface area contributed by atoms with Crippen molar-refractivity contribution in [2.45, 2.75) is 18.4 Å². The van der Waals surface area contributed by atoms with E-state index in [2.05, 4.69) is 4.98 Å². The van der Waals surface area contributed by atoms with Crippen LogP contribution in [-0.2, 0) is 16.4 Å². The molecule has 1 aromatic carbocycles. The Labute approximate surface area is 193 Å². The van der Waals surface area contributed by atoms with Crippen molar-refractivity contribution in [3.8, 4) is 0 Å². The highest BCUT2D eigenvalue weighted by atomic mass is 35.5. The molecule has 1 amide bonds. The molecule has 174 valence electrons. The molecule has 7 nitrogen and oxygen atoms in total. The van der Waals surface area contributed by atoms with Crippen molar-refractivity contribution in [3.63, 3.8) is 0 Å². The van der Waals surface area contributed by atoms with Crippen LogP contribution in [0.15, 0.2) is 41.6 Å². The maximum Gasteiger partial charge on any atom is 0.407 e. The van der Waals surface area contributed by atoms with Crippen molar-refractivity contribution in [2.75, 3.05) is 19.3 Å². The highest BCUT2D eigenvalue weighted by Gasteiger charge is 2.25. The first-order valence-electron chi connectivity index (χ1n) is 9.97. The number of rotatable bonds is 4. The zero-order chi connectivity index (χ0) is 24.1. The number of pyridine rings is 1. The van der Waals surface area contributed by atoms with Crippen LogP contribution < -0.4 is 0 Å². The van der Waals surface area contributed by atoms with E-state index in [0.29, 0.717) is 17.3 Å². The van der Waals surface area contributed by atoms with Gasteiger partial charge in [-0.1, -0.05) is 24.6 Å². The summed E-state index contributed by atoms with van der Waals surface area (Å²) in [6.07, 6.45) is 4.76. The fourth-order valence-corrected chi connectivity index (χ4v) is 5.17. The Morgan fingerprint density at radius 1 is 1.33 bits per heavy atom. The molecule has 2 aromatic heterocycles. The maximum atomic E-state index is 14.7. The highest BCUT2D eigenvalue weighted by Crippen LogP contribution is 2.31. The molecule has 1 N–H and O–H groups in total.